The maximum Gasteiger partial charge on any atom is 0.251 e. The van der Waals surface area contributed by atoms with Crippen molar-refractivity contribution in [3.05, 3.63) is 36.5 Å². The first-order valence-electron chi connectivity index (χ1n) is 9.44. The molecule has 0 radical (unpaired) electrons. The summed E-state index contributed by atoms with van der Waals surface area (Å²) in [5.41, 5.74) is 1.16. The number of para-hydroxylation sites is 1. The van der Waals surface area contributed by atoms with Crippen molar-refractivity contribution in [1.82, 2.24) is 14.4 Å². The number of carbonyl (C=O) groups is 2. The number of hydrogen-bond donors (Lipinski definition) is 0. The maximum absolute atomic E-state index is 12.5. The van der Waals surface area contributed by atoms with Crippen LogP contribution in [0.5, 0.6) is 0 Å². The molecule has 1 atom stereocenters. The third kappa shape index (κ3) is 3.46. The number of carbonyl (C=O) groups excluding carboxylic acids is 2. The van der Waals surface area contributed by atoms with Gasteiger partial charge in [-0.2, -0.15) is 0 Å². The summed E-state index contributed by atoms with van der Waals surface area (Å²) in [6.45, 7) is 3.81. The Labute approximate surface area is 153 Å². The van der Waals surface area contributed by atoms with E-state index in [9.17, 15) is 9.59 Å². The Balaban J connectivity index is 1.27. The monoisotopic (exact) mass is 355 g/mol. The predicted octanol–water partition coefficient (Wildman–Crippen LogP) is 1.88. The molecule has 2 fully saturated rings. The first-order valence-corrected chi connectivity index (χ1v) is 9.44. The number of fused-ring (bicyclic) bond motifs is 1. The maximum atomic E-state index is 12.5. The molecule has 1 aromatic heterocycles. The molecule has 0 saturated carbocycles. The van der Waals surface area contributed by atoms with E-state index in [2.05, 4.69) is 22.8 Å². The Bertz CT molecular complexity index is 786. The fourth-order valence-electron chi connectivity index (χ4n) is 3.86. The van der Waals surface area contributed by atoms with Gasteiger partial charge in [0.15, 0.2) is 0 Å². The van der Waals surface area contributed by atoms with Crippen LogP contribution < -0.4 is 0 Å². The zero-order chi connectivity index (χ0) is 17.9. The zero-order valence-corrected chi connectivity index (χ0v) is 15.0. The number of ether oxygens (including phenoxy) is 1. The first kappa shape index (κ1) is 17.1. The highest BCUT2D eigenvalue weighted by Crippen LogP contribution is 2.17. The van der Waals surface area contributed by atoms with Crippen molar-refractivity contribution < 1.29 is 14.3 Å². The predicted molar refractivity (Wildman–Crippen MR) is 98.7 cm³/mol. The average Bonchev–Trinajstić information content (AvgIpc) is 3.36. The largest absolute Gasteiger partial charge is 0.368 e. The molecule has 0 bridgehead atoms. The van der Waals surface area contributed by atoms with Gasteiger partial charge < -0.3 is 19.1 Å². The van der Waals surface area contributed by atoms with E-state index in [1.165, 1.54) is 5.39 Å². The van der Waals surface area contributed by atoms with Crippen LogP contribution in [0.15, 0.2) is 36.5 Å². The molecule has 1 aromatic carbocycles. The highest BCUT2D eigenvalue weighted by Gasteiger charge is 2.31. The average molecular weight is 355 g/mol. The number of amides is 2. The van der Waals surface area contributed by atoms with E-state index in [4.69, 9.17) is 4.74 Å². The van der Waals surface area contributed by atoms with Crippen molar-refractivity contribution >= 4 is 22.7 Å². The molecule has 0 spiro atoms. The van der Waals surface area contributed by atoms with Crippen LogP contribution >= 0.6 is 0 Å². The lowest BCUT2D eigenvalue weighted by molar-refractivity contribution is -0.146. The van der Waals surface area contributed by atoms with Gasteiger partial charge in [0.2, 0.25) is 5.91 Å². The van der Waals surface area contributed by atoms with E-state index in [-0.39, 0.29) is 17.9 Å². The van der Waals surface area contributed by atoms with Gasteiger partial charge in [0, 0.05) is 57.5 Å². The summed E-state index contributed by atoms with van der Waals surface area (Å²) in [5.74, 6) is 0.250. The molecule has 6 nitrogen and oxygen atoms in total. The second-order valence-corrected chi connectivity index (χ2v) is 7.03. The second kappa shape index (κ2) is 7.50. The van der Waals surface area contributed by atoms with Crippen molar-refractivity contribution in [2.45, 2.75) is 31.9 Å². The minimum Gasteiger partial charge on any atom is -0.368 e. The molecule has 2 saturated heterocycles. The third-order valence-electron chi connectivity index (χ3n) is 5.40. The van der Waals surface area contributed by atoms with E-state index < -0.39 is 0 Å². The summed E-state index contributed by atoms with van der Waals surface area (Å²) in [5, 5.41) is 1.20. The van der Waals surface area contributed by atoms with Gasteiger partial charge in [0.05, 0.1) is 0 Å². The Kier molecular flexibility index (Phi) is 4.93. The number of rotatable bonds is 4. The Hall–Kier alpha value is -2.34. The molecule has 4 rings (SSSR count). The molecule has 2 aromatic rings. The Morgan fingerprint density at radius 2 is 1.81 bits per heavy atom. The first-order chi connectivity index (χ1) is 12.7. The highest BCUT2D eigenvalue weighted by atomic mass is 16.5. The Morgan fingerprint density at radius 3 is 2.58 bits per heavy atom. The molecule has 2 amide bonds. The molecule has 0 N–H and O–H groups in total. The van der Waals surface area contributed by atoms with Gasteiger partial charge >= 0.3 is 0 Å². The molecular weight excluding hydrogens is 330 g/mol. The van der Waals surface area contributed by atoms with Crippen LogP contribution in [0.4, 0.5) is 0 Å². The van der Waals surface area contributed by atoms with Gasteiger partial charge in [-0.15, -0.1) is 0 Å². The van der Waals surface area contributed by atoms with Gasteiger partial charge in [-0.1, -0.05) is 18.2 Å². The van der Waals surface area contributed by atoms with Gasteiger partial charge in [-0.05, 0) is 30.4 Å². The SMILES string of the molecule is O=C(CCn1ccc2ccccc21)N1CCN(C(=O)C2CCCO2)CC1. The number of benzene rings is 1. The van der Waals surface area contributed by atoms with E-state index >= 15 is 0 Å². The van der Waals surface area contributed by atoms with Gasteiger partial charge in [0.25, 0.3) is 5.91 Å². The smallest absolute Gasteiger partial charge is 0.251 e. The van der Waals surface area contributed by atoms with Crippen LogP contribution in [0, 0.1) is 0 Å². The number of aryl methyl sites for hydroxylation is 1. The molecule has 0 aliphatic carbocycles. The lowest BCUT2D eigenvalue weighted by atomic mass is 10.2. The van der Waals surface area contributed by atoms with Crippen LogP contribution in [-0.2, 0) is 20.9 Å². The van der Waals surface area contributed by atoms with Gasteiger partial charge in [-0.3, -0.25) is 9.59 Å². The van der Waals surface area contributed by atoms with Crippen molar-refractivity contribution in [3.8, 4) is 0 Å². The Morgan fingerprint density at radius 1 is 1.04 bits per heavy atom. The normalized spacial score (nSPS) is 20.7. The molecule has 3 heterocycles. The minimum absolute atomic E-state index is 0.0911. The summed E-state index contributed by atoms with van der Waals surface area (Å²) in [7, 11) is 0. The van der Waals surface area contributed by atoms with E-state index in [0.29, 0.717) is 45.8 Å². The molecule has 2 aliphatic rings. The van der Waals surface area contributed by atoms with Crippen molar-refractivity contribution in [2.75, 3.05) is 32.8 Å². The molecule has 1 unspecified atom stereocenters. The highest BCUT2D eigenvalue weighted by molar-refractivity contribution is 5.82. The quantitative estimate of drug-likeness (QED) is 0.841. The van der Waals surface area contributed by atoms with Crippen molar-refractivity contribution in [2.24, 2.45) is 0 Å². The summed E-state index contributed by atoms with van der Waals surface area (Å²) in [6, 6.07) is 10.3. The third-order valence-corrected chi connectivity index (χ3v) is 5.40. The van der Waals surface area contributed by atoms with Crippen LogP contribution in [0.1, 0.15) is 19.3 Å². The minimum atomic E-state index is -0.265. The molecule has 138 valence electrons. The zero-order valence-electron chi connectivity index (χ0n) is 15.0. The molecule has 2 aliphatic heterocycles. The lowest BCUT2D eigenvalue weighted by Crippen LogP contribution is -2.52. The van der Waals surface area contributed by atoms with Gasteiger partial charge in [0.1, 0.15) is 6.10 Å². The molecule has 6 heteroatoms. The van der Waals surface area contributed by atoms with Crippen LogP contribution in [0.25, 0.3) is 10.9 Å². The van der Waals surface area contributed by atoms with Crippen LogP contribution in [0.2, 0.25) is 0 Å². The fraction of sp³-hybridized carbons (Fsp3) is 0.500. The van der Waals surface area contributed by atoms with Crippen molar-refractivity contribution in [3.63, 3.8) is 0 Å². The number of piperazine rings is 1. The fourth-order valence-corrected chi connectivity index (χ4v) is 3.86. The number of nitrogens with zero attached hydrogens (tertiary/aromatic N) is 3. The lowest BCUT2D eigenvalue weighted by Gasteiger charge is -2.35. The topological polar surface area (TPSA) is 54.8 Å². The second-order valence-electron chi connectivity index (χ2n) is 7.03. The number of aromatic nitrogens is 1. The summed E-state index contributed by atoms with van der Waals surface area (Å²) >= 11 is 0. The van der Waals surface area contributed by atoms with E-state index in [0.717, 1.165) is 18.4 Å². The van der Waals surface area contributed by atoms with E-state index in [1.807, 2.05) is 28.1 Å². The van der Waals surface area contributed by atoms with Crippen LogP contribution in [-0.4, -0.2) is 65.1 Å². The molecular formula is C20H25N3O3. The number of hydrogen-bond acceptors (Lipinski definition) is 3. The van der Waals surface area contributed by atoms with E-state index in [1.54, 1.807) is 0 Å². The molecule has 26 heavy (non-hydrogen) atoms. The summed E-state index contributed by atoms with van der Waals surface area (Å²) in [4.78, 5) is 28.6. The van der Waals surface area contributed by atoms with Crippen LogP contribution in [0.3, 0.4) is 0 Å². The summed E-state index contributed by atoms with van der Waals surface area (Å²) in [6.07, 6.45) is 4.04. The van der Waals surface area contributed by atoms with Gasteiger partial charge in [-0.25, -0.2) is 0 Å². The van der Waals surface area contributed by atoms with Crippen molar-refractivity contribution in [1.29, 1.82) is 0 Å². The summed E-state index contributed by atoms with van der Waals surface area (Å²) < 4.78 is 7.61. The standard InChI is InChI=1S/C20H25N3O3/c24-19(8-10-21-9-7-16-4-1-2-5-17(16)21)22-11-13-23(14-12-22)20(25)18-6-3-15-26-18/h1-2,4-5,7,9,18H,3,6,8,10-15H2.